The Kier molecular flexibility index (Phi) is 5.03. The molecule has 0 radical (unpaired) electrons. The second kappa shape index (κ2) is 6.56. The molecule has 0 fully saturated rings. The summed E-state index contributed by atoms with van der Waals surface area (Å²) in [5.41, 5.74) is 2.30. The minimum atomic E-state index is -0.333. The molecule has 19 heavy (non-hydrogen) atoms. The van der Waals surface area contributed by atoms with Gasteiger partial charge in [-0.3, -0.25) is 0 Å². The van der Waals surface area contributed by atoms with Crippen molar-refractivity contribution >= 4 is 50.8 Å². The summed E-state index contributed by atoms with van der Waals surface area (Å²) < 4.78 is 13.8. The predicted octanol–water partition coefficient (Wildman–Crippen LogP) is 6.07. The Morgan fingerprint density at radius 1 is 1.11 bits per heavy atom. The highest BCUT2D eigenvalue weighted by Gasteiger charge is 2.07. The molecule has 0 heterocycles. The first-order valence-corrected chi connectivity index (χ1v) is 7.46. The summed E-state index contributed by atoms with van der Waals surface area (Å²) in [5, 5.41) is 1.66. The zero-order valence-electron chi connectivity index (χ0n) is 9.84. The van der Waals surface area contributed by atoms with Crippen LogP contribution in [-0.4, -0.2) is 5.33 Å². The number of benzene rings is 2. The fourth-order valence-electron chi connectivity index (χ4n) is 1.69. The third kappa shape index (κ3) is 3.59. The topological polar surface area (TPSA) is 0 Å². The maximum Gasteiger partial charge on any atom is 0.131 e. The summed E-state index contributed by atoms with van der Waals surface area (Å²) in [5.74, 6) is -0.333. The van der Waals surface area contributed by atoms with E-state index < -0.39 is 0 Å². The predicted molar refractivity (Wildman–Crippen MR) is 84.5 cm³/mol. The van der Waals surface area contributed by atoms with Gasteiger partial charge in [0.25, 0.3) is 0 Å². The molecule has 0 atom stereocenters. The largest absolute Gasteiger partial charge is 0.206 e. The van der Waals surface area contributed by atoms with Gasteiger partial charge >= 0.3 is 0 Å². The van der Waals surface area contributed by atoms with Crippen molar-refractivity contribution in [2.24, 2.45) is 0 Å². The van der Waals surface area contributed by atoms with E-state index in [1.165, 1.54) is 6.07 Å². The molecule has 0 nitrogen and oxygen atoms in total. The first-order chi connectivity index (χ1) is 9.11. The molecule has 4 heteroatoms. The van der Waals surface area contributed by atoms with E-state index in [9.17, 15) is 4.39 Å². The Morgan fingerprint density at radius 2 is 1.79 bits per heavy atom. The number of allylic oxidation sites excluding steroid dienone is 1. The molecule has 0 spiro atoms. The quantitative estimate of drug-likeness (QED) is 0.461. The molecule has 0 aliphatic carbocycles. The van der Waals surface area contributed by atoms with E-state index in [0.717, 1.165) is 11.1 Å². The van der Waals surface area contributed by atoms with Gasteiger partial charge in [0.2, 0.25) is 0 Å². The average Bonchev–Trinajstić information content (AvgIpc) is 2.40. The van der Waals surface area contributed by atoms with Gasteiger partial charge in [-0.1, -0.05) is 57.3 Å². The van der Waals surface area contributed by atoms with Crippen LogP contribution in [0.5, 0.6) is 0 Å². The maximum atomic E-state index is 13.8. The fourth-order valence-corrected chi connectivity index (χ4v) is 2.52. The highest BCUT2D eigenvalue weighted by molar-refractivity contribution is 9.09. The van der Waals surface area contributed by atoms with Crippen molar-refractivity contribution in [1.82, 2.24) is 0 Å². The zero-order chi connectivity index (χ0) is 13.8. The normalized spacial score (nSPS) is 11.7. The van der Waals surface area contributed by atoms with Crippen molar-refractivity contribution in [3.63, 3.8) is 0 Å². The summed E-state index contributed by atoms with van der Waals surface area (Å²) in [6.45, 7) is 0. The highest BCUT2D eigenvalue weighted by atomic mass is 79.9. The molecule has 0 N–H and O–H groups in total. The van der Waals surface area contributed by atoms with Crippen LogP contribution in [0.2, 0.25) is 10.0 Å². The van der Waals surface area contributed by atoms with E-state index in [2.05, 4.69) is 15.9 Å². The average molecular weight is 360 g/mol. The van der Waals surface area contributed by atoms with Gasteiger partial charge in [0.1, 0.15) is 5.82 Å². The molecule has 0 aromatic heterocycles. The maximum absolute atomic E-state index is 13.8. The Labute approximate surface area is 130 Å². The van der Waals surface area contributed by atoms with Crippen LogP contribution in [0.25, 0.3) is 11.6 Å². The summed E-state index contributed by atoms with van der Waals surface area (Å²) in [4.78, 5) is 0. The van der Waals surface area contributed by atoms with Crippen molar-refractivity contribution in [2.45, 2.75) is 0 Å². The number of hydrogen-bond donors (Lipinski definition) is 0. The van der Waals surface area contributed by atoms with Crippen molar-refractivity contribution in [2.75, 3.05) is 5.33 Å². The number of hydrogen-bond acceptors (Lipinski definition) is 0. The van der Waals surface area contributed by atoms with Gasteiger partial charge in [-0.25, -0.2) is 4.39 Å². The minimum Gasteiger partial charge on any atom is -0.206 e. The van der Waals surface area contributed by atoms with E-state index in [0.29, 0.717) is 20.9 Å². The van der Waals surface area contributed by atoms with E-state index in [1.54, 1.807) is 30.3 Å². The molecular formula is C15H10BrCl2F. The van der Waals surface area contributed by atoms with Crippen LogP contribution in [0.1, 0.15) is 11.1 Å². The van der Waals surface area contributed by atoms with Crippen molar-refractivity contribution < 1.29 is 4.39 Å². The van der Waals surface area contributed by atoms with Crippen LogP contribution in [-0.2, 0) is 0 Å². The smallest absolute Gasteiger partial charge is 0.131 e. The summed E-state index contributed by atoms with van der Waals surface area (Å²) in [6, 6.07) is 12.0. The van der Waals surface area contributed by atoms with E-state index in [1.807, 2.05) is 12.1 Å². The number of halogens is 4. The first-order valence-electron chi connectivity index (χ1n) is 5.58. The van der Waals surface area contributed by atoms with Crippen LogP contribution >= 0.6 is 39.1 Å². The fraction of sp³-hybridized carbons (Fsp3) is 0.0667. The molecular weight excluding hydrogens is 350 g/mol. The van der Waals surface area contributed by atoms with Crippen LogP contribution in [0, 0.1) is 5.82 Å². The molecule has 0 amide bonds. The van der Waals surface area contributed by atoms with Crippen LogP contribution in [0.4, 0.5) is 4.39 Å². The third-order valence-corrected chi connectivity index (χ3v) is 3.86. The lowest BCUT2D eigenvalue weighted by molar-refractivity contribution is 0.625. The molecule has 2 aromatic carbocycles. The number of rotatable bonds is 3. The lowest BCUT2D eigenvalue weighted by Gasteiger charge is -2.07. The lowest BCUT2D eigenvalue weighted by Crippen LogP contribution is -1.89. The summed E-state index contributed by atoms with van der Waals surface area (Å²) in [7, 11) is 0. The molecule has 0 saturated carbocycles. The standard InChI is InChI=1S/C15H10BrCl2F/c16-9-11(10-4-6-12(17)7-5-10)8-13-14(18)2-1-3-15(13)19/h1-8H,9H2/b11-8+. The van der Waals surface area contributed by atoms with Gasteiger partial charge < -0.3 is 0 Å². The van der Waals surface area contributed by atoms with E-state index >= 15 is 0 Å². The zero-order valence-corrected chi connectivity index (χ0v) is 12.9. The van der Waals surface area contributed by atoms with Crippen LogP contribution in [0.15, 0.2) is 42.5 Å². The Balaban J connectivity index is 2.47. The molecule has 2 aromatic rings. The van der Waals surface area contributed by atoms with Gasteiger partial charge in [0, 0.05) is 15.9 Å². The highest BCUT2D eigenvalue weighted by Crippen LogP contribution is 2.27. The molecule has 0 aliphatic rings. The second-order valence-electron chi connectivity index (χ2n) is 3.95. The molecule has 2 rings (SSSR count). The van der Waals surface area contributed by atoms with Gasteiger partial charge in [0.15, 0.2) is 0 Å². The Morgan fingerprint density at radius 3 is 2.37 bits per heavy atom. The Bertz CT molecular complexity index is 586. The Hall–Kier alpha value is -0.830. The third-order valence-electron chi connectivity index (χ3n) is 2.68. The number of alkyl halides is 1. The van der Waals surface area contributed by atoms with Crippen LogP contribution in [0.3, 0.4) is 0 Å². The van der Waals surface area contributed by atoms with Gasteiger partial charge in [-0.15, -0.1) is 0 Å². The van der Waals surface area contributed by atoms with E-state index in [-0.39, 0.29) is 5.82 Å². The lowest BCUT2D eigenvalue weighted by atomic mass is 10.0. The SMILES string of the molecule is Fc1cccc(Cl)c1/C=C(\CBr)c1ccc(Cl)cc1. The second-order valence-corrected chi connectivity index (χ2v) is 5.35. The molecule has 98 valence electrons. The molecule has 0 bridgehead atoms. The molecule has 0 unspecified atom stereocenters. The summed E-state index contributed by atoms with van der Waals surface area (Å²) >= 11 is 15.3. The van der Waals surface area contributed by atoms with Gasteiger partial charge in [-0.05, 0) is 41.5 Å². The van der Waals surface area contributed by atoms with E-state index in [4.69, 9.17) is 23.2 Å². The monoisotopic (exact) mass is 358 g/mol. The molecule has 0 saturated heterocycles. The molecule has 0 aliphatic heterocycles. The first kappa shape index (κ1) is 14.6. The van der Waals surface area contributed by atoms with Gasteiger partial charge in [-0.2, -0.15) is 0 Å². The van der Waals surface area contributed by atoms with Crippen molar-refractivity contribution in [1.29, 1.82) is 0 Å². The van der Waals surface area contributed by atoms with Crippen molar-refractivity contribution in [3.05, 3.63) is 69.5 Å². The van der Waals surface area contributed by atoms with Crippen molar-refractivity contribution in [3.8, 4) is 0 Å². The van der Waals surface area contributed by atoms with Crippen LogP contribution < -0.4 is 0 Å². The minimum absolute atomic E-state index is 0.333. The summed E-state index contributed by atoms with van der Waals surface area (Å²) in [6.07, 6.45) is 1.75. The van der Waals surface area contributed by atoms with Gasteiger partial charge in [0.05, 0.1) is 5.02 Å².